The molecule has 0 radical (unpaired) electrons. The predicted octanol–water partition coefficient (Wildman–Crippen LogP) is -0.146. The van der Waals surface area contributed by atoms with E-state index in [1.165, 1.54) is 0 Å². The molecule has 1 rings (SSSR count). The number of aliphatic hydroxyl groups is 1. The van der Waals surface area contributed by atoms with Gasteiger partial charge in [-0.1, -0.05) is 6.08 Å². The van der Waals surface area contributed by atoms with Crippen molar-refractivity contribution in [3.05, 3.63) is 12.3 Å². The number of nitrogens with one attached hydrogen (secondary N) is 1. The van der Waals surface area contributed by atoms with Crippen LogP contribution in [0.2, 0.25) is 0 Å². The molecular formula is C5H9NO. The van der Waals surface area contributed by atoms with Crippen molar-refractivity contribution < 1.29 is 5.11 Å². The van der Waals surface area contributed by atoms with Crippen LogP contribution < -0.4 is 5.32 Å². The minimum atomic E-state index is -0.162. The first-order valence-electron chi connectivity index (χ1n) is 2.46. The predicted molar refractivity (Wildman–Crippen MR) is 27.8 cm³/mol. The SMILES string of the molecule is O[C@H]1CC=CNC1. The maximum Gasteiger partial charge on any atom is 0.0747 e. The van der Waals surface area contributed by atoms with Crippen LogP contribution in [0.15, 0.2) is 12.3 Å². The molecule has 2 heteroatoms. The Kier molecular flexibility index (Phi) is 1.32. The summed E-state index contributed by atoms with van der Waals surface area (Å²) in [5.41, 5.74) is 0. The molecule has 0 aliphatic carbocycles. The van der Waals surface area contributed by atoms with Gasteiger partial charge in [0.25, 0.3) is 0 Å². The Labute approximate surface area is 42.8 Å². The first-order valence-corrected chi connectivity index (χ1v) is 2.46. The lowest BCUT2D eigenvalue weighted by molar-refractivity contribution is 0.174. The molecule has 0 saturated heterocycles. The quantitative estimate of drug-likeness (QED) is 0.443. The highest BCUT2D eigenvalue weighted by atomic mass is 16.3. The topological polar surface area (TPSA) is 32.3 Å². The summed E-state index contributed by atoms with van der Waals surface area (Å²) in [6, 6.07) is 0. The molecule has 0 spiro atoms. The van der Waals surface area contributed by atoms with Gasteiger partial charge in [0.05, 0.1) is 6.10 Å². The fraction of sp³-hybridized carbons (Fsp3) is 0.600. The van der Waals surface area contributed by atoms with Gasteiger partial charge in [-0.2, -0.15) is 0 Å². The van der Waals surface area contributed by atoms with Crippen molar-refractivity contribution >= 4 is 0 Å². The third-order valence-corrected chi connectivity index (χ3v) is 0.997. The second-order valence-electron chi connectivity index (χ2n) is 1.70. The maximum absolute atomic E-state index is 8.80. The number of hydrogen-bond donors (Lipinski definition) is 2. The van der Waals surface area contributed by atoms with Crippen LogP contribution in [0.1, 0.15) is 6.42 Å². The lowest BCUT2D eigenvalue weighted by Crippen LogP contribution is -2.25. The van der Waals surface area contributed by atoms with E-state index >= 15 is 0 Å². The third kappa shape index (κ3) is 1.20. The highest BCUT2D eigenvalue weighted by Crippen LogP contribution is 1.94. The lowest BCUT2D eigenvalue weighted by Gasteiger charge is -2.11. The van der Waals surface area contributed by atoms with E-state index in [1.807, 2.05) is 12.3 Å². The molecule has 1 aliphatic heterocycles. The average molecular weight is 99.1 g/mol. The van der Waals surface area contributed by atoms with Gasteiger partial charge in [0.2, 0.25) is 0 Å². The molecule has 0 aromatic rings. The number of rotatable bonds is 0. The Bertz CT molecular complexity index is 80.1. The van der Waals surface area contributed by atoms with Crippen LogP contribution in [0.4, 0.5) is 0 Å². The van der Waals surface area contributed by atoms with Gasteiger partial charge in [0.15, 0.2) is 0 Å². The van der Waals surface area contributed by atoms with Gasteiger partial charge >= 0.3 is 0 Å². The van der Waals surface area contributed by atoms with Crippen molar-refractivity contribution in [3.63, 3.8) is 0 Å². The zero-order valence-electron chi connectivity index (χ0n) is 4.09. The highest BCUT2D eigenvalue weighted by molar-refractivity contribution is 4.88. The lowest BCUT2D eigenvalue weighted by atomic mass is 10.2. The second kappa shape index (κ2) is 1.98. The van der Waals surface area contributed by atoms with Crippen molar-refractivity contribution in [2.24, 2.45) is 0 Å². The molecule has 2 nitrogen and oxygen atoms in total. The van der Waals surface area contributed by atoms with E-state index in [0.717, 1.165) is 6.42 Å². The summed E-state index contributed by atoms with van der Waals surface area (Å²) < 4.78 is 0. The van der Waals surface area contributed by atoms with Crippen LogP contribution in [-0.4, -0.2) is 17.8 Å². The first-order chi connectivity index (χ1) is 3.39. The van der Waals surface area contributed by atoms with Gasteiger partial charge in [-0.05, 0) is 12.6 Å². The van der Waals surface area contributed by atoms with Crippen LogP contribution in [0.25, 0.3) is 0 Å². The fourth-order valence-corrected chi connectivity index (χ4v) is 0.596. The molecular weight excluding hydrogens is 90.1 g/mol. The summed E-state index contributed by atoms with van der Waals surface area (Å²) in [5.74, 6) is 0. The molecule has 0 fully saturated rings. The summed E-state index contributed by atoms with van der Waals surface area (Å²) >= 11 is 0. The second-order valence-corrected chi connectivity index (χ2v) is 1.70. The largest absolute Gasteiger partial charge is 0.391 e. The molecule has 0 aromatic heterocycles. The molecule has 0 saturated carbocycles. The number of β-amino-alcohol motifs (C(OH)–C–C–N with tert-alkyl or cyclic N) is 1. The molecule has 7 heavy (non-hydrogen) atoms. The van der Waals surface area contributed by atoms with Crippen molar-refractivity contribution in [1.82, 2.24) is 5.32 Å². The van der Waals surface area contributed by atoms with Crippen molar-refractivity contribution in [2.45, 2.75) is 12.5 Å². The monoisotopic (exact) mass is 99.1 g/mol. The minimum absolute atomic E-state index is 0.162. The van der Waals surface area contributed by atoms with Gasteiger partial charge < -0.3 is 10.4 Å². The van der Waals surface area contributed by atoms with Gasteiger partial charge in [0.1, 0.15) is 0 Å². The Morgan fingerprint density at radius 3 is 2.86 bits per heavy atom. The van der Waals surface area contributed by atoms with E-state index in [4.69, 9.17) is 5.11 Å². The van der Waals surface area contributed by atoms with E-state index < -0.39 is 0 Å². The van der Waals surface area contributed by atoms with E-state index in [1.54, 1.807) is 0 Å². The number of aliphatic hydroxyl groups excluding tert-OH is 1. The molecule has 1 atom stereocenters. The zero-order valence-corrected chi connectivity index (χ0v) is 4.09. The van der Waals surface area contributed by atoms with Gasteiger partial charge in [-0.25, -0.2) is 0 Å². The smallest absolute Gasteiger partial charge is 0.0747 e. The van der Waals surface area contributed by atoms with E-state index in [-0.39, 0.29) is 6.10 Å². The summed E-state index contributed by atoms with van der Waals surface area (Å²) in [6.45, 7) is 0.705. The van der Waals surface area contributed by atoms with Crippen LogP contribution in [0.5, 0.6) is 0 Å². The molecule has 40 valence electrons. The fourth-order valence-electron chi connectivity index (χ4n) is 0.596. The van der Waals surface area contributed by atoms with Crippen molar-refractivity contribution in [3.8, 4) is 0 Å². The summed E-state index contributed by atoms with van der Waals surface area (Å²) in [7, 11) is 0. The molecule has 0 amide bonds. The van der Waals surface area contributed by atoms with Crippen molar-refractivity contribution in [1.29, 1.82) is 0 Å². The Hall–Kier alpha value is -0.500. The van der Waals surface area contributed by atoms with E-state index in [0.29, 0.717) is 6.54 Å². The normalized spacial score (nSPS) is 29.6. The molecule has 2 N–H and O–H groups in total. The Balaban J connectivity index is 2.32. The summed E-state index contributed by atoms with van der Waals surface area (Å²) in [6.07, 6.45) is 4.43. The number of hydrogen-bond acceptors (Lipinski definition) is 2. The first kappa shape index (κ1) is 4.65. The molecule has 1 heterocycles. The van der Waals surface area contributed by atoms with Crippen molar-refractivity contribution in [2.75, 3.05) is 6.54 Å². The van der Waals surface area contributed by atoms with Crippen LogP contribution >= 0.6 is 0 Å². The third-order valence-electron chi connectivity index (χ3n) is 0.997. The minimum Gasteiger partial charge on any atom is -0.391 e. The molecule has 0 unspecified atom stereocenters. The van der Waals surface area contributed by atoms with Gasteiger partial charge in [0, 0.05) is 6.54 Å². The average Bonchev–Trinajstić information content (AvgIpc) is 1.69. The summed E-state index contributed by atoms with van der Waals surface area (Å²) in [5, 5.41) is 11.7. The summed E-state index contributed by atoms with van der Waals surface area (Å²) in [4.78, 5) is 0. The standard InChI is InChI=1S/C5H9NO/c7-5-2-1-3-6-4-5/h1,3,5-7H,2,4H2/t5-/m0/s1. The van der Waals surface area contributed by atoms with Crippen LogP contribution in [-0.2, 0) is 0 Å². The molecule has 0 aromatic carbocycles. The zero-order chi connectivity index (χ0) is 5.11. The Morgan fingerprint density at radius 1 is 1.71 bits per heavy atom. The van der Waals surface area contributed by atoms with Crippen LogP contribution in [0.3, 0.4) is 0 Å². The Morgan fingerprint density at radius 2 is 2.57 bits per heavy atom. The molecule has 1 aliphatic rings. The molecule has 0 bridgehead atoms. The van der Waals surface area contributed by atoms with E-state index in [9.17, 15) is 0 Å². The van der Waals surface area contributed by atoms with Crippen LogP contribution in [0, 0.1) is 0 Å². The van der Waals surface area contributed by atoms with Gasteiger partial charge in [-0.15, -0.1) is 0 Å². The van der Waals surface area contributed by atoms with Gasteiger partial charge in [-0.3, -0.25) is 0 Å². The van der Waals surface area contributed by atoms with E-state index in [2.05, 4.69) is 5.32 Å². The highest BCUT2D eigenvalue weighted by Gasteiger charge is 2.01. The maximum atomic E-state index is 8.80.